The number of rotatable bonds is 10. The monoisotopic (exact) mass is 539 g/mol. The molecule has 210 valence electrons. The number of amides is 1. The first-order chi connectivity index (χ1) is 18.9. The highest BCUT2D eigenvalue weighted by atomic mass is 16.5. The van der Waals surface area contributed by atoms with Crippen LogP contribution in [0.1, 0.15) is 49.8 Å². The first-order valence-electron chi connectivity index (χ1n) is 13.2. The fourth-order valence-corrected chi connectivity index (χ4v) is 5.21. The Morgan fingerprint density at radius 1 is 0.923 bits per heavy atom. The van der Waals surface area contributed by atoms with Crippen LogP contribution in [-0.2, 0) is 14.3 Å². The summed E-state index contributed by atoms with van der Waals surface area (Å²) >= 11 is 0. The van der Waals surface area contributed by atoms with Crippen LogP contribution in [0.25, 0.3) is 0 Å². The van der Waals surface area contributed by atoms with E-state index >= 15 is 0 Å². The van der Waals surface area contributed by atoms with Crippen molar-refractivity contribution in [3.05, 3.63) is 47.5 Å². The third kappa shape index (κ3) is 6.11. The molecule has 2 heterocycles. The van der Waals surface area contributed by atoms with Crippen molar-refractivity contribution < 1.29 is 33.3 Å². The Kier molecular flexibility index (Phi) is 9.29. The molecule has 2 atom stereocenters. The number of carbonyl (C=O) groups excluding carboxylic acids is 2. The third-order valence-electron chi connectivity index (χ3n) is 7.19. The standard InChI is InChI=1S/C29H37N3O7/c1-6-39-29(34)24-9-7-8-14-31(24)18-28(33)32-25(22-15-19(35-2)11-13-26(22)37-4)17-23(30-32)21-12-10-20(36-3)16-27(21)38-5/h10-13,15-16,24-25H,6-9,14,17-18H2,1-5H3. The number of esters is 1. The van der Waals surface area contributed by atoms with E-state index in [4.69, 9.17) is 28.8 Å². The lowest BCUT2D eigenvalue weighted by atomic mass is 9.96. The summed E-state index contributed by atoms with van der Waals surface area (Å²) in [4.78, 5) is 28.5. The molecule has 2 aromatic carbocycles. The molecule has 2 aliphatic rings. The molecule has 0 saturated carbocycles. The summed E-state index contributed by atoms with van der Waals surface area (Å²) in [6.07, 6.45) is 2.92. The maximum absolute atomic E-state index is 13.9. The molecule has 10 heteroatoms. The van der Waals surface area contributed by atoms with Gasteiger partial charge in [-0.2, -0.15) is 5.10 Å². The van der Waals surface area contributed by atoms with Crippen molar-refractivity contribution in [2.24, 2.45) is 5.10 Å². The highest BCUT2D eigenvalue weighted by Gasteiger charge is 2.38. The Labute approximate surface area is 229 Å². The molecule has 2 aromatic rings. The molecule has 39 heavy (non-hydrogen) atoms. The quantitative estimate of drug-likeness (QED) is 0.421. The second-order valence-corrected chi connectivity index (χ2v) is 9.41. The molecule has 0 N–H and O–H groups in total. The summed E-state index contributed by atoms with van der Waals surface area (Å²) in [6.45, 7) is 2.77. The van der Waals surface area contributed by atoms with Gasteiger partial charge in [0.1, 0.15) is 29.0 Å². The largest absolute Gasteiger partial charge is 0.497 e. The molecule has 2 unspecified atom stereocenters. The van der Waals surface area contributed by atoms with Crippen LogP contribution in [0.2, 0.25) is 0 Å². The summed E-state index contributed by atoms with van der Waals surface area (Å²) in [7, 11) is 6.37. The van der Waals surface area contributed by atoms with E-state index in [1.807, 2.05) is 35.2 Å². The third-order valence-corrected chi connectivity index (χ3v) is 7.19. The summed E-state index contributed by atoms with van der Waals surface area (Å²) < 4.78 is 27.4. The minimum Gasteiger partial charge on any atom is -0.497 e. The van der Waals surface area contributed by atoms with Crippen LogP contribution >= 0.6 is 0 Å². The molecule has 0 aliphatic carbocycles. The van der Waals surface area contributed by atoms with E-state index in [2.05, 4.69) is 0 Å². The average Bonchev–Trinajstić information content (AvgIpc) is 3.42. The summed E-state index contributed by atoms with van der Waals surface area (Å²) in [5.41, 5.74) is 2.23. The number of hydrogen-bond donors (Lipinski definition) is 0. The Balaban J connectivity index is 1.71. The number of nitrogens with zero attached hydrogens (tertiary/aromatic N) is 3. The highest BCUT2D eigenvalue weighted by molar-refractivity contribution is 6.05. The highest BCUT2D eigenvalue weighted by Crippen LogP contribution is 2.41. The number of hydrogen-bond acceptors (Lipinski definition) is 9. The smallest absolute Gasteiger partial charge is 0.323 e. The fourth-order valence-electron chi connectivity index (χ4n) is 5.21. The first-order valence-corrected chi connectivity index (χ1v) is 13.2. The van der Waals surface area contributed by atoms with Crippen LogP contribution in [-0.4, -0.2) is 81.7 Å². The van der Waals surface area contributed by atoms with Gasteiger partial charge in [0, 0.05) is 23.6 Å². The molecule has 10 nitrogen and oxygen atoms in total. The van der Waals surface area contributed by atoms with Gasteiger partial charge in [0.25, 0.3) is 5.91 Å². The van der Waals surface area contributed by atoms with Crippen LogP contribution in [0.15, 0.2) is 41.5 Å². The van der Waals surface area contributed by atoms with Gasteiger partial charge in [-0.3, -0.25) is 14.5 Å². The van der Waals surface area contributed by atoms with Gasteiger partial charge in [0.2, 0.25) is 0 Å². The van der Waals surface area contributed by atoms with E-state index in [9.17, 15) is 9.59 Å². The van der Waals surface area contributed by atoms with Gasteiger partial charge in [-0.1, -0.05) is 6.42 Å². The number of benzene rings is 2. The Morgan fingerprint density at radius 2 is 1.64 bits per heavy atom. The SMILES string of the molecule is CCOC(=O)C1CCCCN1CC(=O)N1N=C(c2ccc(OC)cc2OC)CC1c1cc(OC)ccc1OC. The molecule has 1 saturated heterocycles. The molecular weight excluding hydrogens is 502 g/mol. The summed E-state index contributed by atoms with van der Waals surface area (Å²) in [5, 5.41) is 6.33. The number of ether oxygens (including phenoxy) is 5. The van der Waals surface area contributed by atoms with Crippen LogP contribution in [0.4, 0.5) is 0 Å². The maximum atomic E-state index is 13.9. The van der Waals surface area contributed by atoms with E-state index in [0.717, 1.165) is 24.0 Å². The minimum atomic E-state index is -0.449. The molecule has 0 radical (unpaired) electrons. The molecule has 1 amide bonds. The Morgan fingerprint density at radius 3 is 2.33 bits per heavy atom. The van der Waals surface area contributed by atoms with E-state index in [0.29, 0.717) is 54.7 Å². The normalized spacial score (nSPS) is 19.3. The van der Waals surface area contributed by atoms with E-state index in [-0.39, 0.29) is 18.4 Å². The van der Waals surface area contributed by atoms with Crippen LogP contribution < -0.4 is 18.9 Å². The van der Waals surface area contributed by atoms with Gasteiger partial charge >= 0.3 is 5.97 Å². The maximum Gasteiger partial charge on any atom is 0.323 e. The van der Waals surface area contributed by atoms with Crippen molar-refractivity contribution in [3.63, 3.8) is 0 Å². The molecule has 4 rings (SSSR count). The zero-order chi connectivity index (χ0) is 27.9. The number of carbonyl (C=O) groups is 2. The lowest BCUT2D eigenvalue weighted by Crippen LogP contribution is -2.49. The second kappa shape index (κ2) is 12.8. The van der Waals surface area contributed by atoms with Crippen molar-refractivity contribution >= 4 is 17.6 Å². The second-order valence-electron chi connectivity index (χ2n) is 9.41. The van der Waals surface area contributed by atoms with Gasteiger partial charge in [-0.25, -0.2) is 5.01 Å². The molecular formula is C29H37N3O7. The van der Waals surface area contributed by atoms with Crippen LogP contribution in [0, 0.1) is 0 Å². The number of piperidine rings is 1. The van der Waals surface area contributed by atoms with Gasteiger partial charge in [-0.15, -0.1) is 0 Å². The molecule has 0 aromatic heterocycles. The minimum absolute atomic E-state index is 0.0444. The van der Waals surface area contributed by atoms with Crippen molar-refractivity contribution in [1.29, 1.82) is 0 Å². The van der Waals surface area contributed by atoms with Crippen molar-refractivity contribution in [2.45, 2.75) is 44.7 Å². The topological polar surface area (TPSA) is 99.1 Å². The van der Waals surface area contributed by atoms with Crippen LogP contribution in [0.3, 0.4) is 0 Å². The summed E-state index contributed by atoms with van der Waals surface area (Å²) in [5.74, 6) is 2.01. The first kappa shape index (κ1) is 28.2. The zero-order valence-corrected chi connectivity index (χ0v) is 23.3. The molecule has 0 bridgehead atoms. The van der Waals surface area contributed by atoms with Gasteiger partial charge in [0.15, 0.2) is 0 Å². The number of likely N-dealkylation sites (tertiary alicyclic amines) is 1. The predicted octanol–water partition coefficient (Wildman–Crippen LogP) is 3.82. The molecule has 0 spiro atoms. The van der Waals surface area contributed by atoms with Crippen molar-refractivity contribution in [3.8, 4) is 23.0 Å². The fraction of sp³-hybridized carbons (Fsp3) is 0.483. The van der Waals surface area contributed by atoms with E-state index in [1.54, 1.807) is 41.4 Å². The zero-order valence-electron chi connectivity index (χ0n) is 23.3. The molecule has 2 aliphatic heterocycles. The van der Waals surface area contributed by atoms with E-state index in [1.165, 1.54) is 5.01 Å². The number of methoxy groups -OCH3 is 4. The lowest BCUT2D eigenvalue weighted by molar-refractivity contribution is -0.152. The number of hydrazone groups is 1. The van der Waals surface area contributed by atoms with Crippen molar-refractivity contribution in [2.75, 3.05) is 48.1 Å². The van der Waals surface area contributed by atoms with Crippen molar-refractivity contribution in [1.82, 2.24) is 9.91 Å². The Hall–Kier alpha value is -3.79. The average molecular weight is 540 g/mol. The summed E-state index contributed by atoms with van der Waals surface area (Å²) in [6, 6.07) is 10.1. The Bertz CT molecular complexity index is 1220. The predicted molar refractivity (Wildman–Crippen MR) is 146 cm³/mol. The van der Waals surface area contributed by atoms with Gasteiger partial charge in [0.05, 0.1) is 53.3 Å². The molecule has 1 fully saturated rings. The van der Waals surface area contributed by atoms with Crippen LogP contribution in [0.5, 0.6) is 23.0 Å². The van der Waals surface area contributed by atoms with E-state index < -0.39 is 12.1 Å². The van der Waals surface area contributed by atoms with Gasteiger partial charge < -0.3 is 23.7 Å². The lowest BCUT2D eigenvalue weighted by Gasteiger charge is -2.34. The van der Waals surface area contributed by atoms with Gasteiger partial charge in [-0.05, 0) is 56.6 Å².